The van der Waals surface area contributed by atoms with Gasteiger partial charge in [0.15, 0.2) is 0 Å². The number of carboxylic acid groups (broad SMARTS) is 1. The number of nitrogens with zero attached hydrogens (tertiary/aromatic N) is 5. The van der Waals surface area contributed by atoms with Crippen molar-refractivity contribution >= 4 is 50.0 Å². The first kappa shape index (κ1) is 27.2. The largest absolute Gasteiger partial charge is 0.491 e. The molecular formula is C29H24ClN5O4S. The smallest absolute Gasteiger partial charge is 0.338 e. The fraction of sp³-hybridized carbons (Fsp3) is 0.241. The summed E-state index contributed by atoms with van der Waals surface area (Å²) in [6.07, 6.45) is 2.94. The summed E-state index contributed by atoms with van der Waals surface area (Å²) in [4.78, 5) is 38.6. The molecule has 5 rings (SSSR count). The lowest BCUT2D eigenvalue weighted by Gasteiger charge is -2.16. The summed E-state index contributed by atoms with van der Waals surface area (Å²) in [5, 5.41) is 21.7. The number of carboxylic acids is 1. The normalized spacial score (nSPS) is 11.2. The summed E-state index contributed by atoms with van der Waals surface area (Å²) in [5.74, 6) is -0.0365. The molecule has 0 atom stereocenters. The zero-order chi connectivity index (χ0) is 28.6. The molecule has 0 fully saturated rings. The number of hydrogen-bond donors (Lipinski definition) is 1. The van der Waals surface area contributed by atoms with Crippen molar-refractivity contribution in [3.05, 3.63) is 79.6 Å². The molecule has 1 aromatic carbocycles. The highest BCUT2D eigenvalue weighted by atomic mass is 35.5. The highest BCUT2D eigenvalue weighted by molar-refractivity contribution is 7.18. The Morgan fingerprint density at radius 1 is 1.23 bits per heavy atom. The van der Waals surface area contributed by atoms with Gasteiger partial charge in [-0.1, -0.05) is 24.9 Å². The van der Waals surface area contributed by atoms with E-state index in [0.717, 1.165) is 12.0 Å². The van der Waals surface area contributed by atoms with Crippen LogP contribution in [0, 0.1) is 25.2 Å². The second-order valence-corrected chi connectivity index (χ2v) is 10.6. The molecule has 40 heavy (non-hydrogen) atoms. The molecular weight excluding hydrogens is 550 g/mol. The third-order valence-corrected chi connectivity index (χ3v) is 7.79. The lowest BCUT2D eigenvalue weighted by atomic mass is 10.0. The molecule has 0 unspecified atom stereocenters. The molecule has 1 N–H and O–H groups in total. The van der Waals surface area contributed by atoms with Crippen molar-refractivity contribution in [2.24, 2.45) is 0 Å². The van der Waals surface area contributed by atoms with Gasteiger partial charge >= 0.3 is 5.97 Å². The molecule has 0 aliphatic carbocycles. The molecule has 0 aliphatic rings. The van der Waals surface area contributed by atoms with E-state index in [-0.39, 0.29) is 35.2 Å². The van der Waals surface area contributed by atoms with Crippen molar-refractivity contribution in [3.8, 4) is 22.9 Å². The zero-order valence-corrected chi connectivity index (χ0v) is 23.6. The average Bonchev–Trinajstić information content (AvgIpc) is 3.35. The minimum Gasteiger partial charge on any atom is -0.491 e. The number of ether oxygens (including phenoxy) is 1. The Kier molecular flexibility index (Phi) is 7.52. The maximum Gasteiger partial charge on any atom is 0.338 e. The molecule has 0 saturated heterocycles. The van der Waals surface area contributed by atoms with E-state index in [4.69, 9.17) is 16.3 Å². The number of aryl methyl sites for hydroxylation is 3. The van der Waals surface area contributed by atoms with Gasteiger partial charge in [0.2, 0.25) is 0 Å². The molecule has 11 heteroatoms. The summed E-state index contributed by atoms with van der Waals surface area (Å²) in [6.45, 7) is 5.85. The van der Waals surface area contributed by atoms with Gasteiger partial charge in [0, 0.05) is 27.2 Å². The van der Waals surface area contributed by atoms with Crippen LogP contribution < -0.4 is 10.3 Å². The summed E-state index contributed by atoms with van der Waals surface area (Å²) >= 11 is 7.65. The molecule has 9 nitrogen and oxygen atoms in total. The number of hydrogen-bond acceptors (Lipinski definition) is 8. The summed E-state index contributed by atoms with van der Waals surface area (Å²) in [6, 6.07) is 9.24. The van der Waals surface area contributed by atoms with E-state index in [2.05, 4.69) is 21.0 Å². The highest BCUT2D eigenvalue weighted by Gasteiger charge is 2.20. The van der Waals surface area contributed by atoms with Crippen LogP contribution in [-0.2, 0) is 13.0 Å². The Morgan fingerprint density at radius 3 is 2.75 bits per heavy atom. The molecule has 0 spiro atoms. The minimum absolute atomic E-state index is 0.134. The van der Waals surface area contributed by atoms with Gasteiger partial charge in [-0.2, -0.15) is 5.26 Å². The van der Waals surface area contributed by atoms with Crippen LogP contribution in [0.1, 0.15) is 46.5 Å². The average molecular weight is 574 g/mol. The molecule has 0 bridgehead atoms. The number of benzene rings is 1. The lowest BCUT2D eigenvalue weighted by molar-refractivity contribution is 0.0699. The first-order valence-electron chi connectivity index (χ1n) is 12.6. The van der Waals surface area contributed by atoms with Crippen LogP contribution in [0.5, 0.6) is 5.75 Å². The van der Waals surface area contributed by atoms with Gasteiger partial charge in [0.1, 0.15) is 24.3 Å². The number of pyridine rings is 2. The Morgan fingerprint density at radius 2 is 2.02 bits per heavy atom. The Balaban J connectivity index is 1.51. The molecule has 202 valence electrons. The zero-order valence-electron chi connectivity index (χ0n) is 22.0. The lowest BCUT2D eigenvalue weighted by Crippen LogP contribution is -2.27. The van der Waals surface area contributed by atoms with Crippen LogP contribution in [0.15, 0.2) is 40.6 Å². The molecule has 0 aliphatic heterocycles. The summed E-state index contributed by atoms with van der Waals surface area (Å²) < 4.78 is 8.39. The van der Waals surface area contributed by atoms with E-state index in [1.165, 1.54) is 15.9 Å². The van der Waals surface area contributed by atoms with Crippen molar-refractivity contribution in [1.29, 1.82) is 5.26 Å². The Hall–Kier alpha value is -4.33. The van der Waals surface area contributed by atoms with E-state index in [1.807, 2.05) is 13.0 Å². The van der Waals surface area contributed by atoms with Crippen molar-refractivity contribution in [2.45, 2.75) is 40.2 Å². The first-order valence-corrected chi connectivity index (χ1v) is 13.8. The van der Waals surface area contributed by atoms with Crippen molar-refractivity contribution < 1.29 is 14.6 Å². The number of rotatable bonds is 8. The van der Waals surface area contributed by atoms with Gasteiger partial charge in [0.25, 0.3) is 5.56 Å². The fourth-order valence-corrected chi connectivity index (χ4v) is 5.93. The van der Waals surface area contributed by atoms with Crippen molar-refractivity contribution in [1.82, 2.24) is 19.5 Å². The third kappa shape index (κ3) is 4.90. The highest BCUT2D eigenvalue weighted by Crippen LogP contribution is 2.40. The predicted octanol–water partition coefficient (Wildman–Crippen LogP) is 5.94. The number of aromatic nitrogens is 4. The number of nitriles is 1. The minimum atomic E-state index is -1.04. The quantitative estimate of drug-likeness (QED) is 0.241. The van der Waals surface area contributed by atoms with Crippen LogP contribution in [0.2, 0.25) is 5.02 Å². The fourth-order valence-electron chi connectivity index (χ4n) is 4.74. The monoisotopic (exact) mass is 573 g/mol. The van der Waals surface area contributed by atoms with Crippen LogP contribution in [0.25, 0.3) is 32.2 Å². The van der Waals surface area contributed by atoms with E-state index < -0.39 is 5.97 Å². The topological polar surface area (TPSA) is 131 Å². The van der Waals surface area contributed by atoms with Gasteiger partial charge in [-0.25, -0.2) is 9.78 Å². The van der Waals surface area contributed by atoms with Gasteiger partial charge in [-0.05, 0) is 44.5 Å². The molecule has 0 amide bonds. The number of thiophene rings is 1. The second-order valence-electron chi connectivity index (χ2n) is 9.25. The molecule has 4 aromatic heterocycles. The maximum absolute atomic E-state index is 13.5. The van der Waals surface area contributed by atoms with Crippen molar-refractivity contribution in [3.63, 3.8) is 0 Å². The predicted molar refractivity (Wildman–Crippen MR) is 155 cm³/mol. The van der Waals surface area contributed by atoms with Crippen LogP contribution in [-0.4, -0.2) is 37.2 Å². The van der Waals surface area contributed by atoms with Crippen LogP contribution >= 0.6 is 22.9 Å². The van der Waals surface area contributed by atoms with E-state index >= 15 is 0 Å². The Bertz CT molecular complexity index is 1910. The SMILES string of the molecule is CCCc1ncc2nc(C)n(CCOc3ccc(Cl)cc3-c3cc(C)nc4c(C(=O)O)csc34)c(=O)c2c1C#N. The first-order chi connectivity index (χ1) is 19.2. The maximum atomic E-state index is 13.5. The van der Waals surface area contributed by atoms with Gasteiger partial charge in [-0.15, -0.1) is 11.3 Å². The summed E-state index contributed by atoms with van der Waals surface area (Å²) in [7, 11) is 0. The molecule has 5 aromatic rings. The van der Waals surface area contributed by atoms with E-state index in [1.54, 1.807) is 43.6 Å². The van der Waals surface area contributed by atoms with Crippen LogP contribution in [0.4, 0.5) is 0 Å². The summed E-state index contributed by atoms with van der Waals surface area (Å²) in [5.41, 5.74) is 3.58. The number of halogens is 1. The van der Waals surface area contributed by atoms with Crippen molar-refractivity contribution in [2.75, 3.05) is 6.61 Å². The van der Waals surface area contributed by atoms with Crippen LogP contribution in [0.3, 0.4) is 0 Å². The third-order valence-electron chi connectivity index (χ3n) is 6.55. The standard InChI is InChI=1S/C29H24ClN5O4S/c1-4-5-22-20(12-31)25-23(13-32-22)34-16(3)35(28(25)36)8-9-39-24-7-6-17(30)11-18(24)19-10-15(2)33-26-21(29(37)38)14-40-27(19)26/h6-7,10-11,13-14H,4-5,8-9H2,1-3H3,(H,37,38). The molecule has 0 saturated carbocycles. The molecule has 4 heterocycles. The van der Waals surface area contributed by atoms with Gasteiger partial charge in [0.05, 0.1) is 50.7 Å². The van der Waals surface area contributed by atoms with Gasteiger partial charge < -0.3 is 9.84 Å². The number of carbonyl (C=O) groups is 1. The molecule has 0 radical (unpaired) electrons. The second kappa shape index (κ2) is 11.0. The number of aromatic carboxylic acids is 1. The Labute approximate surface area is 238 Å². The number of fused-ring (bicyclic) bond motifs is 2. The van der Waals surface area contributed by atoms with E-state index in [0.29, 0.717) is 55.7 Å². The van der Waals surface area contributed by atoms with E-state index in [9.17, 15) is 20.0 Å². The van der Waals surface area contributed by atoms with Gasteiger partial charge in [-0.3, -0.25) is 19.3 Å².